The first kappa shape index (κ1) is 13.7. The summed E-state index contributed by atoms with van der Waals surface area (Å²) in [4.78, 5) is 0. The molecule has 0 fully saturated rings. The van der Waals surface area contributed by atoms with E-state index in [1.807, 2.05) is 12.1 Å². The summed E-state index contributed by atoms with van der Waals surface area (Å²) >= 11 is 0. The van der Waals surface area contributed by atoms with Gasteiger partial charge in [-0.2, -0.15) is 0 Å². The van der Waals surface area contributed by atoms with Gasteiger partial charge in [0.1, 0.15) is 10.5 Å². The van der Waals surface area contributed by atoms with E-state index in [0.717, 1.165) is 10.5 Å². The average molecular weight is 282 g/mol. The Balaban J connectivity index is 2.01. The smallest absolute Gasteiger partial charge is 0.213 e. The molecule has 2 aromatic rings. The average Bonchev–Trinajstić information content (AvgIpc) is 2.49. The second-order valence-electron chi connectivity index (χ2n) is 4.24. The Morgan fingerprint density at radius 2 is 1.16 bits per heavy atom. The van der Waals surface area contributed by atoms with E-state index >= 15 is 0 Å². The van der Waals surface area contributed by atoms with Gasteiger partial charge >= 0.3 is 0 Å². The van der Waals surface area contributed by atoms with Gasteiger partial charge in [-0.3, -0.25) is 0 Å². The first-order chi connectivity index (χ1) is 9.38. The van der Waals surface area contributed by atoms with Crippen LogP contribution in [0.1, 0.15) is 11.1 Å². The Bertz CT molecular complexity index is 486. The molecule has 0 aliphatic heterocycles. The first-order valence-corrected chi connectivity index (χ1v) is 9.00. The lowest BCUT2D eigenvalue weighted by atomic mass is 10.2. The second kappa shape index (κ2) is 7.68. The molecule has 0 aromatic heterocycles. The monoisotopic (exact) mass is 282 g/mol. The van der Waals surface area contributed by atoms with Crippen molar-refractivity contribution < 1.29 is 4.12 Å². The number of benzene rings is 2. The molecule has 0 N–H and O–H groups in total. The van der Waals surface area contributed by atoms with Crippen LogP contribution in [0, 0.1) is 0 Å². The third kappa shape index (κ3) is 4.83. The minimum atomic E-state index is -1.35. The van der Waals surface area contributed by atoms with Gasteiger partial charge in [0.25, 0.3) is 0 Å². The van der Waals surface area contributed by atoms with Crippen LogP contribution in [-0.2, 0) is 4.12 Å². The fraction of sp³-hybridized carbons (Fsp3) is 0. The van der Waals surface area contributed by atoms with E-state index < -0.39 is 9.04 Å². The highest BCUT2D eigenvalue weighted by atomic mass is 28.3. The predicted molar refractivity (Wildman–Crippen MR) is 89.1 cm³/mol. The molecule has 0 atom stereocenters. The van der Waals surface area contributed by atoms with Crippen molar-refractivity contribution in [3.8, 4) is 0 Å². The van der Waals surface area contributed by atoms with E-state index in [9.17, 15) is 0 Å². The van der Waals surface area contributed by atoms with Gasteiger partial charge in [-0.1, -0.05) is 84.2 Å². The number of rotatable bonds is 5. The molecule has 0 amide bonds. The Morgan fingerprint density at radius 3 is 1.53 bits per heavy atom. The molecule has 0 unspecified atom stereocenters. The molecule has 96 valence electrons. The maximum Gasteiger partial charge on any atom is 0.213 e. The van der Waals surface area contributed by atoms with E-state index in [-0.39, 0.29) is 0 Å². The summed E-state index contributed by atoms with van der Waals surface area (Å²) in [6, 6.07) is 20.7. The van der Waals surface area contributed by atoms with Crippen molar-refractivity contribution in [2.24, 2.45) is 0 Å². The topological polar surface area (TPSA) is 9.23 Å². The van der Waals surface area contributed by atoms with Crippen molar-refractivity contribution in [2.45, 2.75) is 0 Å². The predicted octanol–water partition coefficient (Wildman–Crippen LogP) is 2.51. The van der Waals surface area contributed by atoms with Gasteiger partial charge in [0.15, 0.2) is 0 Å². The number of hydrogen-bond donors (Lipinski definition) is 0. The van der Waals surface area contributed by atoms with Crippen molar-refractivity contribution in [1.29, 1.82) is 0 Å². The summed E-state index contributed by atoms with van der Waals surface area (Å²) in [7, 11) is -0.567. The second-order valence-corrected chi connectivity index (χ2v) is 7.82. The molecule has 3 heteroatoms. The summed E-state index contributed by atoms with van der Waals surface area (Å²) in [6.07, 6.45) is 4.31. The largest absolute Gasteiger partial charge is 0.460 e. The Morgan fingerprint density at radius 1 is 0.737 bits per heavy atom. The Kier molecular flexibility index (Phi) is 5.56. The van der Waals surface area contributed by atoms with Crippen LogP contribution in [0.5, 0.6) is 0 Å². The molecule has 0 aliphatic carbocycles. The summed E-state index contributed by atoms with van der Waals surface area (Å²) in [5.41, 5.74) is 6.91. The van der Waals surface area contributed by atoms with Crippen LogP contribution in [-0.4, -0.2) is 19.5 Å². The van der Waals surface area contributed by atoms with Gasteiger partial charge in [-0.15, -0.1) is 0 Å². The quantitative estimate of drug-likeness (QED) is 0.766. The van der Waals surface area contributed by atoms with Crippen LogP contribution in [0.2, 0.25) is 0 Å². The van der Waals surface area contributed by atoms with Gasteiger partial charge in [-0.05, 0) is 11.1 Å². The lowest BCUT2D eigenvalue weighted by Crippen LogP contribution is -2.09. The van der Waals surface area contributed by atoms with E-state index in [1.165, 1.54) is 11.1 Å². The highest BCUT2D eigenvalue weighted by molar-refractivity contribution is 6.67. The summed E-state index contributed by atoms with van der Waals surface area (Å²) in [6.45, 7) is 0. The fourth-order valence-corrected chi connectivity index (χ4v) is 3.97. The fourth-order valence-electron chi connectivity index (χ4n) is 1.76. The zero-order valence-corrected chi connectivity index (χ0v) is 14.2. The molecule has 0 saturated carbocycles. The first-order valence-electron chi connectivity index (χ1n) is 6.38. The molecule has 1 nitrogen and oxygen atoms in total. The maximum atomic E-state index is 5.70. The van der Waals surface area contributed by atoms with Gasteiger partial charge in [0.05, 0.1) is 0 Å². The molecule has 0 spiro atoms. The van der Waals surface area contributed by atoms with Crippen LogP contribution in [0.4, 0.5) is 0 Å². The highest BCUT2D eigenvalue weighted by Crippen LogP contribution is 2.05. The lowest BCUT2D eigenvalue weighted by molar-refractivity contribution is 0.659. The molecule has 0 radical (unpaired) electrons. The van der Waals surface area contributed by atoms with Crippen LogP contribution < -0.4 is 0 Å². The van der Waals surface area contributed by atoms with Crippen LogP contribution in [0.15, 0.2) is 72.1 Å². The molecule has 0 bridgehead atoms. The summed E-state index contributed by atoms with van der Waals surface area (Å²) in [5.74, 6) is 0. The standard InChI is InChI=1S/C16H18OSi2/c18-17-19(13-11-15-7-3-1-4-8-15)14-12-16-9-5-2-6-10-16/h1-14,19H,18H3. The van der Waals surface area contributed by atoms with Gasteiger partial charge < -0.3 is 4.12 Å². The van der Waals surface area contributed by atoms with Gasteiger partial charge in [0, 0.05) is 0 Å². The minimum absolute atomic E-state index is 0.785. The van der Waals surface area contributed by atoms with E-state index in [4.69, 9.17) is 4.12 Å². The molecule has 0 heterocycles. The summed E-state index contributed by atoms with van der Waals surface area (Å²) < 4.78 is 5.70. The SMILES string of the molecule is [SiH3]O[SiH](C=Cc1ccccc1)C=Cc1ccccc1. The molecule has 0 saturated heterocycles. The summed E-state index contributed by atoms with van der Waals surface area (Å²) in [5, 5.41) is 0. The molecule has 2 rings (SSSR count). The minimum Gasteiger partial charge on any atom is -0.460 e. The Labute approximate surface area is 119 Å². The van der Waals surface area contributed by atoms with Crippen LogP contribution in [0.3, 0.4) is 0 Å². The van der Waals surface area contributed by atoms with Crippen LogP contribution >= 0.6 is 0 Å². The lowest BCUT2D eigenvalue weighted by Gasteiger charge is -2.03. The maximum absolute atomic E-state index is 5.70. The van der Waals surface area contributed by atoms with E-state index in [2.05, 4.69) is 72.1 Å². The molecular weight excluding hydrogens is 264 g/mol. The van der Waals surface area contributed by atoms with Crippen molar-refractivity contribution in [2.75, 3.05) is 0 Å². The highest BCUT2D eigenvalue weighted by Gasteiger charge is 1.99. The van der Waals surface area contributed by atoms with Gasteiger partial charge in [-0.25, -0.2) is 0 Å². The molecule has 0 aliphatic rings. The van der Waals surface area contributed by atoms with Crippen molar-refractivity contribution in [3.63, 3.8) is 0 Å². The van der Waals surface area contributed by atoms with Crippen molar-refractivity contribution >= 4 is 31.7 Å². The zero-order chi connectivity index (χ0) is 13.3. The van der Waals surface area contributed by atoms with Crippen LogP contribution in [0.25, 0.3) is 12.2 Å². The molecule has 19 heavy (non-hydrogen) atoms. The molecule has 2 aromatic carbocycles. The third-order valence-corrected chi connectivity index (χ3v) is 6.15. The number of hydrogen-bond acceptors (Lipinski definition) is 1. The normalized spacial score (nSPS) is 13.3. The van der Waals surface area contributed by atoms with E-state index in [1.54, 1.807) is 0 Å². The third-order valence-electron chi connectivity index (χ3n) is 2.83. The molecular formula is C16H18OSi2. The van der Waals surface area contributed by atoms with Gasteiger partial charge in [0.2, 0.25) is 9.04 Å². The zero-order valence-electron chi connectivity index (χ0n) is 11.1. The van der Waals surface area contributed by atoms with Crippen molar-refractivity contribution in [3.05, 3.63) is 83.2 Å². The van der Waals surface area contributed by atoms with Crippen molar-refractivity contribution in [1.82, 2.24) is 0 Å². The van der Waals surface area contributed by atoms with E-state index in [0.29, 0.717) is 0 Å². The Hall–Kier alpha value is -1.69.